The predicted molar refractivity (Wildman–Crippen MR) is 121 cm³/mol. The van der Waals surface area contributed by atoms with Crippen molar-refractivity contribution in [1.29, 1.82) is 0 Å². The Morgan fingerprint density at radius 3 is 2.19 bits per heavy atom. The molecule has 0 nitrogen and oxygen atoms in total. The number of hydrogen-bond acceptors (Lipinski definition) is 0. The molecule has 1 aliphatic rings. The van der Waals surface area contributed by atoms with Crippen LogP contribution in [-0.2, 0) is 6.42 Å². The van der Waals surface area contributed by atoms with Crippen LogP contribution in [0.4, 0.5) is 0 Å². The van der Waals surface area contributed by atoms with Crippen molar-refractivity contribution in [2.24, 2.45) is 5.92 Å². The summed E-state index contributed by atoms with van der Waals surface area (Å²) in [6.07, 6.45) is 18.1. The van der Waals surface area contributed by atoms with Crippen LogP contribution in [0.5, 0.6) is 0 Å². The van der Waals surface area contributed by atoms with Crippen LogP contribution >= 0.6 is 0 Å². The van der Waals surface area contributed by atoms with Gasteiger partial charge in [0.15, 0.2) is 0 Å². The van der Waals surface area contributed by atoms with Gasteiger partial charge in [-0.3, -0.25) is 0 Å². The molecule has 0 radical (unpaired) electrons. The molecule has 0 unspecified atom stereocenters. The van der Waals surface area contributed by atoms with Gasteiger partial charge < -0.3 is 0 Å². The molecule has 0 saturated heterocycles. The maximum absolute atomic E-state index is 2.48. The summed E-state index contributed by atoms with van der Waals surface area (Å²) in [4.78, 5) is 0. The molecule has 1 fully saturated rings. The summed E-state index contributed by atoms with van der Waals surface area (Å²) in [7, 11) is 0. The van der Waals surface area contributed by atoms with Crippen LogP contribution in [0.25, 0.3) is 10.8 Å². The Bertz CT molecular complexity index is 675. The molecule has 2 aromatic rings. The molecule has 0 atom stereocenters. The summed E-state index contributed by atoms with van der Waals surface area (Å²) in [5.41, 5.74) is 3.08. The smallest absolute Gasteiger partial charge is 0.0162 e. The first-order valence-electron chi connectivity index (χ1n) is 11.8. The molecule has 27 heavy (non-hydrogen) atoms. The Kier molecular flexibility index (Phi) is 8.24. The van der Waals surface area contributed by atoms with Gasteiger partial charge in [0.1, 0.15) is 0 Å². The zero-order chi connectivity index (χ0) is 18.9. The maximum atomic E-state index is 2.48. The maximum Gasteiger partial charge on any atom is -0.0162 e. The van der Waals surface area contributed by atoms with E-state index in [9.17, 15) is 0 Å². The third-order valence-corrected chi connectivity index (χ3v) is 6.78. The zero-order valence-electron chi connectivity index (χ0n) is 17.8. The Morgan fingerprint density at radius 2 is 1.41 bits per heavy atom. The van der Waals surface area contributed by atoms with E-state index in [1.54, 1.807) is 5.56 Å². The molecule has 3 rings (SSSR count). The number of unbranched alkanes of at least 4 members (excludes halogenated alkanes) is 5. The molecule has 0 aliphatic heterocycles. The first-order valence-corrected chi connectivity index (χ1v) is 11.8. The van der Waals surface area contributed by atoms with Crippen molar-refractivity contribution in [1.82, 2.24) is 0 Å². The van der Waals surface area contributed by atoms with Gasteiger partial charge in [-0.05, 0) is 72.3 Å². The second-order valence-corrected chi connectivity index (χ2v) is 8.97. The van der Waals surface area contributed by atoms with Crippen molar-refractivity contribution in [3.05, 3.63) is 47.5 Å². The molecular weight excluding hydrogens is 324 g/mol. The lowest BCUT2D eigenvalue weighted by Crippen LogP contribution is -2.13. The average molecular weight is 365 g/mol. The van der Waals surface area contributed by atoms with Gasteiger partial charge in [-0.25, -0.2) is 0 Å². The van der Waals surface area contributed by atoms with Crippen LogP contribution in [0.1, 0.15) is 108 Å². The summed E-state index contributed by atoms with van der Waals surface area (Å²) in [6.45, 7) is 4.58. The van der Waals surface area contributed by atoms with Crippen molar-refractivity contribution >= 4 is 10.8 Å². The van der Waals surface area contributed by atoms with E-state index in [2.05, 4.69) is 50.2 Å². The summed E-state index contributed by atoms with van der Waals surface area (Å²) in [6, 6.07) is 14.4. The van der Waals surface area contributed by atoms with Crippen molar-refractivity contribution < 1.29 is 0 Å². The molecule has 1 aliphatic carbocycles. The highest BCUT2D eigenvalue weighted by Gasteiger charge is 2.22. The lowest BCUT2D eigenvalue weighted by atomic mass is 9.76. The van der Waals surface area contributed by atoms with Gasteiger partial charge in [-0.1, -0.05) is 95.2 Å². The lowest BCUT2D eigenvalue weighted by molar-refractivity contribution is 0.302. The molecule has 0 N–H and O–H groups in total. The Balaban J connectivity index is 1.51. The highest BCUT2D eigenvalue weighted by molar-refractivity contribution is 5.84. The lowest BCUT2D eigenvalue weighted by Gasteiger charge is -2.29. The zero-order valence-corrected chi connectivity index (χ0v) is 17.8. The third-order valence-electron chi connectivity index (χ3n) is 6.78. The van der Waals surface area contributed by atoms with Crippen LogP contribution in [0, 0.1) is 5.92 Å². The van der Waals surface area contributed by atoms with Gasteiger partial charge >= 0.3 is 0 Å². The van der Waals surface area contributed by atoms with Crippen molar-refractivity contribution in [3.63, 3.8) is 0 Å². The van der Waals surface area contributed by atoms with Crippen LogP contribution in [0.15, 0.2) is 36.4 Å². The number of rotatable bonds is 10. The molecule has 0 heterocycles. The molecule has 2 aromatic carbocycles. The fraction of sp³-hybridized carbons (Fsp3) is 0.630. The minimum Gasteiger partial charge on any atom is -0.0654 e. The number of fused-ring (bicyclic) bond motifs is 1. The number of aryl methyl sites for hydroxylation is 1. The summed E-state index contributed by atoms with van der Waals surface area (Å²) in [5.74, 6) is 1.80. The second-order valence-electron chi connectivity index (χ2n) is 8.97. The normalized spacial score (nSPS) is 20.2. The van der Waals surface area contributed by atoms with Crippen LogP contribution < -0.4 is 0 Å². The van der Waals surface area contributed by atoms with Crippen molar-refractivity contribution in [2.75, 3.05) is 0 Å². The van der Waals surface area contributed by atoms with Gasteiger partial charge in [-0.15, -0.1) is 0 Å². The summed E-state index contributed by atoms with van der Waals surface area (Å²) < 4.78 is 0. The van der Waals surface area contributed by atoms with E-state index in [1.165, 1.54) is 99.8 Å². The Labute approximate surface area is 167 Å². The first kappa shape index (κ1) is 20.4. The standard InChI is InChI=1S/C27H40/c1-3-5-7-8-9-11-22-12-15-24(16-13-22)26-19-18-25-20-23(10-6-4-2)14-17-27(25)21-26/h14,17-22,24H,3-13,15-16H2,1-2H3. The summed E-state index contributed by atoms with van der Waals surface area (Å²) in [5, 5.41) is 2.86. The van der Waals surface area contributed by atoms with E-state index in [-0.39, 0.29) is 0 Å². The monoisotopic (exact) mass is 364 g/mol. The highest BCUT2D eigenvalue weighted by atomic mass is 14.3. The summed E-state index contributed by atoms with van der Waals surface area (Å²) >= 11 is 0. The largest absolute Gasteiger partial charge is 0.0654 e. The minimum atomic E-state index is 0.797. The molecule has 0 amide bonds. The van der Waals surface area contributed by atoms with Crippen LogP contribution in [0.3, 0.4) is 0 Å². The van der Waals surface area contributed by atoms with Gasteiger partial charge in [0, 0.05) is 0 Å². The highest BCUT2D eigenvalue weighted by Crippen LogP contribution is 2.38. The topological polar surface area (TPSA) is 0 Å². The van der Waals surface area contributed by atoms with Gasteiger partial charge in [0.2, 0.25) is 0 Å². The number of benzene rings is 2. The van der Waals surface area contributed by atoms with E-state index in [4.69, 9.17) is 0 Å². The predicted octanol–water partition coefficient (Wildman–Crippen LogP) is 8.82. The molecule has 0 bridgehead atoms. The van der Waals surface area contributed by atoms with Gasteiger partial charge in [0.05, 0.1) is 0 Å². The van der Waals surface area contributed by atoms with E-state index >= 15 is 0 Å². The molecular formula is C27H40. The average Bonchev–Trinajstić information content (AvgIpc) is 2.72. The molecule has 148 valence electrons. The van der Waals surface area contributed by atoms with E-state index in [1.807, 2.05) is 0 Å². The van der Waals surface area contributed by atoms with Crippen LogP contribution in [-0.4, -0.2) is 0 Å². The molecule has 0 spiro atoms. The second kappa shape index (κ2) is 10.9. The third kappa shape index (κ3) is 6.09. The minimum absolute atomic E-state index is 0.797. The number of hydrogen-bond donors (Lipinski definition) is 0. The van der Waals surface area contributed by atoms with Gasteiger partial charge in [0.25, 0.3) is 0 Å². The SMILES string of the molecule is CCCCCCCC1CCC(c2ccc3cc(CCCC)ccc3c2)CC1. The van der Waals surface area contributed by atoms with Crippen molar-refractivity contribution in [3.8, 4) is 0 Å². The van der Waals surface area contributed by atoms with Crippen molar-refractivity contribution in [2.45, 2.75) is 103 Å². The first-order chi connectivity index (χ1) is 13.3. The molecule has 0 aromatic heterocycles. The Hall–Kier alpha value is -1.30. The van der Waals surface area contributed by atoms with E-state index in [0.29, 0.717) is 0 Å². The Morgan fingerprint density at radius 1 is 0.704 bits per heavy atom. The molecule has 0 heteroatoms. The molecule has 1 saturated carbocycles. The fourth-order valence-electron chi connectivity index (χ4n) is 4.93. The fourth-order valence-corrected chi connectivity index (χ4v) is 4.93. The van der Waals surface area contributed by atoms with Crippen LogP contribution in [0.2, 0.25) is 0 Å². The van der Waals surface area contributed by atoms with E-state index in [0.717, 1.165) is 11.8 Å². The quantitative estimate of drug-likeness (QED) is 0.369. The van der Waals surface area contributed by atoms with E-state index < -0.39 is 0 Å². The van der Waals surface area contributed by atoms with Gasteiger partial charge in [-0.2, -0.15) is 0 Å².